The van der Waals surface area contributed by atoms with E-state index in [0.29, 0.717) is 17.2 Å². The first-order valence-corrected chi connectivity index (χ1v) is 8.28. The van der Waals surface area contributed by atoms with E-state index in [1.54, 1.807) is 32.2 Å². The van der Waals surface area contributed by atoms with Crippen LogP contribution in [0.15, 0.2) is 18.2 Å². The van der Waals surface area contributed by atoms with Gasteiger partial charge in [0.15, 0.2) is 0 Å². The maximum absolute atomic E-state index is 12.6. The molecule has 1 aliphatic heterocycles. The third-order valence-corrected chi connectivity index (χ3v) is 4.50. The van der Waals surface area contributed by atoms with Crippen molar-refractivity contribution in [3.63, 3.8) is 0 Å². The Morgan fingerprint density at radius 3 is 2.62 bits per heavy atom. The van der Waals surface area contributed by atoms with Gasteiger partial charge in [0, 0.05) is 32.6 Å². The summed E-state index contributed by atoms with van der Waals surface area (Å²) >= 11 is 0. The van der Waals surface area contributed by atoms with Gasteiger partial charge in [-0.05, 0) is 12.1 Å². The predicted octanol–water partition coefficient (Wildman–Crippen LogP) is 1.24. The lowest BCUT2D eigenvalue weighted by Gasteiger charge is -2.23. The third-order valence-electron chi connectivity index (χ3n) is 4.50. The van der Waals surface area contributed by atoms with Crippen molar-refractivity contribution < 1.29 is 29.0 Å². The highest BCUT2D eigenvalue weighted by atomic mass is 16.5. The van der Waals surface area contributed by atoms with Crippen LogP contribution in [0.1, 0.15) is 13.3 Å². The smallest absolute Gasteiger partial charge is 0.308 e. The monoisotopic (exact) mass is 364 g/mol. The largest absolute Gasteiger partial charge is 0.497 e. The summed E-state index contributed by atoms with van der Waals surface area (Å²) in [7, 11) is 4.60. The van der Waals surface area contributed by atoms with Crippen molar-refractivity contribution in [1.82, 2.24) is 4.90 Å². The zero-order valence-corrected chi connectivity index (χ0v) is 15.4. The number of carbonyl (C=O) groups is 3. The minimum absolute atomic E-state index is 0.0831. The van der Waals surface area contributed by atoms with Gasteiger partial charge in [-0.1, -0.05) is 6.92 Å². The molecule has 0 bridgehead atoms. The number of methoxy groups -OCH3 is 2. The average Bonchev–Trinajstić information content (AvgIpc) is 3.01. The number of anilines is 1. The van der Waals surface area contributed by atoms with Gasteiger partial charge >= 0.3 is 5.97 Å². The summed E-state index contributed by atoms with van der Waals surface area (Å²) in [5, 5.41) is 8.99. The Bertz CT molecular complexity index is 705. The molecule has 1 aliphatic rings. The number of hydrogen-bond donors (Lipinski definition) is 1. The highest BCUT2D eigenvalue weighted by Gasteiger charge is 2.38. The molecule has 1 heterocycles. The van der Waals surface area contributed by atoms with Gasteiger partial charge in [0.2, 0.25) is 11.8 Å². The Balaban J connectivity index is 2.13. The van der Waals surface area contributed by atoms with Crippen molar-refractivity contribution in [2.45, 2.75) is 13.3 Å². The number of nitrogens with zero attached hydrogens (tertiary/aromatic N) is 2. The van der Waals surface area contributed by atoms with Crippen molar-refractivity contribution in [1.29, 1.82) is 0 Å². The van der Waals surface area contributed by atoms with Crippen LogP contribution >= 0.6 is 0 Å². The molecule has 2 atom stereocenters. The van der Waals surface area contributed by atoms with Crippen molar-refractivity contribution in [2.75, 3.05) is 39.3 Å². The summed E-state index contributed by atoms with van der Waals surface area (Å²) in [5.41, 5.74) is 0.579. The Morgan fingerprint density at radius 1 is 1.35 bits per heavy atom. The Kier molecular flexibility index (Phi) is 6.07. The number of ether oxygens (including phenoxy) is 2. The second kappa shape index (κ2) is 8.07. The predicted molar refractivity (Wildman–Crippen MR) is 94.4 cm³/mol. The molecule has 2 rings (SSSR count). The molecule has 0 aromatic heterocycles. The van der Waals surface area contributed by atoms with E-state index in [2.05, 4.69) is 0 Å². The molecule has 0 saturated carbocycles. The average molecular weight is 364 g/mol. The first-order chi connectivity index (χ1) is 12.3. The summed E-state index contributed by atoms with van der Waals surface area (Å²) < 4.78 is 10.5. The van der Waals surface area contributed by atoms with Crippen LogP contribution in [0, 0.1) is 11.8 Å². The van der Waals surface area contributed by atoms with Gasteiger partial charge < -0.3 is 24.4 Å². The van der Waals surface area contributed by atoms with Crippen LogP contribution < -0.4 is 14.4 Å². The lowest BCUT2D eigenvalue weighted by atomic mass is 10.1. The van der Waals surface area contributed by atoms with Crippen LogP contribution in [0.2, 0.25) is 0 Å². The van der Waals surface area contributed by atoms with Crippen LogP contribution in [-0.2, 0) is 14.4 Å². The molecule has 8 heteroatoms. The Labute approximate surface area is 152 Å². The van der Waals surface area contributed by atoms with Crippen molar-refractivity contribution in [3.05, 3.63) is 18.2 Å². The van der Waals surface area contributed by atoms with Gasteiger partial charge in [-0.15, -0.1) is 0 Å². The van der Waals surface area contributed by atoms with Crippen LogP contribution in [0.25, 0.3) is 0 Å². The standard InChI is InChI=1S/C18H24N2O6/c1-11(18(23)24)9-19(2)17(22)12-7-16(21)20(10-12)14-6-5-13(25-3)8-15(14)26-4/h5-6,8,11-12H,7,9-10H2,1-4H3,(H,23,24)/t11-,12-/m0/s1. The molecule has 1 aromatic rings. The van der Waals surface area contributed by atoms with Gasteiger partial charge in [-0.3, -0.25) is 14.4 Å². The Hall–Kier alpha value is -2.77. The summed E-state index contributed by atoms with van der Waals surface area (Å²) in [6.07, 6.45) is 0.0831. The first kappa shape index (κ1) is 19.6. The van der Waals surface area contributed by atoms with Crippen LogP contribution in [0.5, 0.6) is 11.5 Å². The third kappa shape index (κ3) is 4.07. The number of carboxylic acid groups (broad SMARTS) is 1. The number of aliphatic carboxylic acids is 1. The molecule has 8 nitrogen and oxygen atoms in total. The molecule has 1 saturated heterocycles. The van der Waals surface area contributed by atoms with Gasteiger partial charge in [-0.2, -0.15) is 0 Å². The van der Waals surface area contributed by atoms with Crippen molar-refractivity contribution >= 4 is 23.5 Å². The summed E-state index contributed by atoms with van der Waals surface area (Å²) in [6.45, 7) is 1.87. The molecule has 142 valence electrons. The molecule has 1 aromatic carbocycles. The number of carbonyl (C=O) groups excluding carboxylic acids is 2. The van der Waals surface area contributed by atoms with E-state index in [1.807, 2.05) is 0 Å². The molecule has 0 unspecified atom stereocenters. The Morgan fingerprint density at radius 2 is 2.04 bits per heavy atom. The number of rotatable bonds is 7. The molecule has 0 spiro atoms. The van der Waals surface area contributed by atoms with Crippen molar-refractivity contribution in [2.24, 2.45) is 11.8 Å². The van der Waals surface area contributed by atoms with Gasteiger partial charge in [0.05, 0.1) is 31.7 Å². The van der Waals surface area contributed by atoms with Crippen LogP contribution in [0.3, 0.4) is 0 Å². The van der Waals surface area contributed by atoms with E-state index >= 15 is 0 Å². The minimum Gasteiger partial charge on any atom is -0.497 e. The minimum atomic E-state index is -0.961. The van der Waals surface area contributed by atoms with Gasteiger partial charge in [0.1, 0.15) is 11.5 Å². The summed E-state index contributed by atoms with van der Waals surface area (Å²) in [5.74, 6) is -1.46. The molecule has 1 N–H and O–H groups in total. The van der Waals surface area contributed by atoms with E-state index in [-0.39, 0.29) is 31.3 Å². The zero-order chi connectivity index (χ0) is 19.4. The number of carboxylic acids is 1. The lowest BCUT2D eigenvalue weighted by molar-refractivity contribution is -0.143. The van der Waals surface area contributed by atoms with Gasteiger partial charge in [0.25, 0.3) is 0 Å². The quantitative estimate of drug-likeness (QED) is 0.782. The molecule has 1 fully saturated rings. The molecule has 26 heavy (non-hydrogen) atoms. The lowest BCUT2D eigenvalue weighted by Crippen LogP contribution is -2.38. The summed E-state index contributed by atoms with van der Waals surface area (Å²) in [4.78, 5) is 38.9. The fraction of sp³-hybridized carbons (Fsp3) is 0.500. The molecule has 2 amide bonds. The second-order valence-electron chi connectivity index (χ2n) is 6.40. The van der Waals surface area contributed by atoms with Crippen LogP contribution in [0.4, 0.5) is 5.69 Å². The van der Waals surface area contributed by atoms with E-state index in [0.717, 1.165) is 0 Å². The van der Waals surface area contributed by atoms with E-state index in [4.69, 9.17) is 14.6 Å². The van der Waals surface area contributed by atoms with E-state index < -0.39 is 17.8 Å². The number of benzene rings is 1. The number of amides is 2. The first-order valence-electron chi connectivity index (χ1n) is 8.28. The van der Waals surface area contributed by atoms with Crippen molar-refractivity contribution in [3.8, 4) is 11.5 Å². The highest BCUT2D eigenvalue weighted by molar-refractivity contribution is 6.01. The molecule has 0 aliphatic carbocycles. The second-order valence-corrected chi connectivity index (χ2v) is 6.40. The maximum atomic E-state index is 12.6. The zero-order valence-electron chi connectivity index (χ0n) is 15.4. The summed E-state index contributed by atoms with van der Waals surface area (Å²) in [6, 6.07) is 5.12. The fourth-order valence-electron chi connectivity index (χ4n) is 3.00. The maximum Gasteiger partial charge on any atom is 0.308 e. The van der Waals surface area contributed by atoms with E-state index in [1.165, 1.54) is 24.0 Å². The van der Waals surface area contributed by atoms with Gasteiger partial charge in [-0.25, -0.2) is 0 Å². The normalized spacial score (nSPS) is 17.8. The SMILES string of the molecule is COc1ccc(N2C[C@@H](C(=O)N(C)C[C@H](C)C(=O)O)CC2=O)c(OC)c1. The fourth-order valence-corrected chi connectivity index (χ4v) is 3.00. The molecular formula is C18H24N2O6. The molecule has 0 radical (unpaired) electrons. The number of hydrogen-bond acceptors (Lipinski definition) is 5. The topological polar surface area (TPSA) is 96.4 Å². The highest BCUT2D eigenvalue weighted by Crippen LogP contribution is 2.36. The molecular weight excluding hydrogens is 340 g/mol. The van der Waals surface area contributed by atoms with E-state index in [9.17, 15) is 14.4 Å². The van der Waals surface area contributed by atoms with Crippen LogP contribution in [-0.4, -0.2) is 62.1 Å².